The summed E-state index contributed by atoms with van der Waals surface area (Å²) in [6.07, 6.45) is 1.83. The summed E-state index contributed by atoms with van der Waals surface area (Å²) in [5.74, 6) is 0. The van der Waals surface area contributed by atoms with Gasteiger partial charge in [-0.25, -0.2) is 0 Å². The van der Waals surface area contributed by atoms with Gasteiger partial charge in [0.05, 0.1) is 5.69 Å². The molecule has 1 aromatic heterocycles. The number of hydrogen-bond acceptors (Lipinski definition) is 3. The lowest BCUT2D eigenvalue weighted by atomic mass is 10.3. The molecule has 100 valence electrons. The van der Waals surface area contributed by atoms with Gasteiger partial charge in [0, 0.05) is 33.9 Å². The van der Waals surface area contributed by atoms with Crippen molar-refractivity contribution in [2.45, 2.75) is 23.6 Å². The van der Waals surface area contributed by atoms with Gasteiger partial charge >= 0.3 is 0 Å². The molecule has 0 amide bonds. The molecule has 0 fully saturated rings. The first-order chi connectivity index (χ1) is 9.24. The fourth-order valence-electron chi connectivity index (χ4n) is 1.69. The lowest BCUT2D eigenvalue weighted by Crippen LogP contribution is -2.22. The second-order valence-electron chi connectivity index (χ2n) is 4.33. The van der Waals surface area contributed by atoms with Crippen molar-refractivity contribution in [2.75, 3.05) is 6.54 Å². The molecule has 0 radical (unpaired) electrons. The van der Waals surface area contributed by atoms with Gasteiger partial charge in [-0.2, -0.15) is 0 Å². The molecule has 1 atom stereocenters. The number of pyridine rings is 1. The van der Waals surface area contributed by atoms with Gasteiger partial charge in [-0.15, -0.1) is 11.8 Å². The van der Waals surface area contributed by atoms with Crippen LogP contribution in [0.3, 0.4) is 0 Å². The van der Waals surface area contributed by atoms with Crippen LogP contribution in [0.25, 0.3) is 0 Å². The zero-order valence-corrected chi connectivity index (χ0v) is 13.2. The topological polar surface area (TPSA) is 24.9 Å². The molecule has 0 aliphatic heterocycles. The Morgan fingerprint density at radius 2 is 2.00 bits per heavy atom. The highest BCUT2D eigenvalue weighted by Gasteiger charge is 2.04. The Hall–Kier alpha value is -0.840. The third-order valence-electron chi connectivity index (χ3n) is 2.61. The predicted molar refractivity (Wildman–Crippen MR) is 85.4 cm³/mol. The summed E-state index contributed by atoms with van der Waals surface area (Å²) in [5, 5.41) is 3.97. The zero-order chi connectivity index (χ0) is 13.5. The van der Waals surface area contributed by atoms with Crippen LogP contribution in [0.1, 0.15) is 12.6 Å². The Kier molecular flexibility index (Phi) is 5.89. The summed E-state index contributed by atoms with van der Waals surface area (Å²) in [6.45, 7) is 4.03. The van der Waals surface area contributed by atoms with Gasteiger partial charge in [0.1, 0.15) is 0 Å². The van der Waals surface area contributed by atoms with Gasteiger partial charge in [-0.1, -0.05) is 28.9 Å². The lowest BCUT2D eigenvalue weighted by molar-refractivity contribution is 0.672. The van der Waals surface area contributed by atoms with E-state index in [0.29, 0.717) is 5.25 Å². The Labute approximate surface area is 127 Å². The van der Waals surface area contributed by atoms with Crippen molar-refractivity contribution < 1.29 is 0 Å². The first kappa shape index (κ1) is 14.6. The highest BCUT2D eigenvalue weighted by atomic mass is 79.9. The molecule has 0 spiro atoms. The average Bonchev–Trinajstić information content (AvgIpc) is 2.43. The molecular weight excluding hydrogens is 320 g/mol. The lowest BCUT2D eigenvalue weighted by Gasteiger charge is -2.12. The minimum Gasteiger partial charge on any atom is -0.310 e. The van der Waals surface area contributed by atoms with Crippen molar-refractivity contribution in [3.8, 4) is 0 Å². The highest BCUT2D eigenvalue weighted by molar-refractivity contribution is 9.10. The van der Waals surface area contributed by atoms with Gasteiger partial charge in [0.2, 0.25) is 0 Å². The van der Waals surface area contributed by atoms with Crippen LogP contribution in [0.4, 0.5) is 0 Å². The summed E-state index contributed by atoms with van der Waals surface area (Å²) < 4.78 is 1.12. The standard InChI is InChI=1S/C15H17BrN2S/c1-12(19-15-7-5-13(16)6-8-15)10-17-11-14-4-2-3-9-18-14/h2-9,12,17H,10-11H2,1H3. The number of halogens is 1. The van der Waals surface area contributed by atoms with Crippen LogP contribution in [0.5, 0.6) is 0 Å². The Bertz CT molecular complexity index is 487. The number of benzene rings is 1. The molecule has 0 saturated carbocycles. The molecule has 2 aromatic rings. The third-order valence-corrected chi connectivity index (χ3v) is 4.26. The molecule has 0 aliphatic carbocycles. The maximum Gasteiger partial charge on any atom is 0.0541 e. The molecule has 4 heteroatoms. The molecule has 19 heavy (non-hydrogen) atoms. The largest absolute Gasteiger partial charge is 0.310 e. The van der Waals surface area contributed by atoms with E-state index in [1.807, 2.05) is 36.2 Å². The summed E-state index contributed by atoms with van der Waals surface area (Å²) in [5.41, 5.74) is 1.09. The van der Waals surface area contributed by atoms with Crippen LogP contribution in [0.15, 0.2) is 58.0 Å². The van der Waals surface area contributed by atoms with Crippen LogP contribution in [-0.2, 0) is 6.54 Å². The molecule has 1 N–H and O–H groups in total. The monoisotopic (exact) mass is 336 g/mol. The normalized spacial score (nSPS) is 12.3. The second-order valence-corrected chi connectivity index (χ2v) is 6.76. The van der Waals surface area contributed by atoms with Crippen molar-refractivity contribution in [3.63, 3.8) is 0 Å². The van der Waals surface area contributed by atoms with E-state index in [1.165, 1.54) is 4.90 Å². The number of thioether (sulfide) groups is 1. The van der Waals surface area contributed by atoms with Gasteiger partial charge in [-0.3, -0.25) is 4.98 Å². The molecular formula is C15H17BrN2S. The Morgan fingerprint density at radius 3 is 2.68 bits per heavy atom. The van der Waals surface area contributed by atoms with Crippen LogP contribution in [0.2, 0.25) is 0 Å². The van der Waals surface area contributed by atoms with Crippen molar-refractivity contribution in [3.05, 3.63) is 58.8 Å². The smallest absolute Gasteiger partial charge is 0.0541 e. The summed E-state index contributed by atoms with van der Waals surface area (Å²) in [4.78, 5) is 5.60. The SMILES string of the molecule is CC(CNCc1ccccn1)Sc1ccc(Br)cc1. The molecule has 1 unspecified atom stereocenters. The van der Waals surface area contributed by atoms with Gasteiger partial charge in [0.15, 0.2) is 0 Å². The molecule has 0 saturated heterocycles. The fraction of sp³-hybridized carbons (Fsp3) is 0.267. The van der Waals surface area contributed by atoms with E-state index in [0.717, 1.165) is 23.3 Å². The number of nitrogens with one attached hydrogen (secondary N) is 1. The predicted octanol–water partition coefficient (Wildman–Crippen LogP) is 4.11. The Balaban J connectivity index is 1.73. The van der Waals surface area contributed by atoms with Gasteiger partial charge in [0.25, 0.3) is 0 Å². The highest BCUT2D eigenvalue weighted by Crippen LogP contribution is 2.24. The quantitative estimate of drug-likeness (QED) is 0.803. The first-order valence-electron chi connectivity index (χ1n) is 6.27. The van der Waals surface area contributed by atoms with E-state index in [-0.39, 0.29) is 0 Å². The zero-order valence-electron chi connectivity index (χ0n) is 10.8. The van der Waals surface area contributed by atoms with Crippen LogP contribution in [-0.4, -0.2) is 16.8 Å². The minimum atomic E-state index is 0.532. The summed E-state index contributed by atoms with van der Waals surface area (Å²) >= 11 is 5.33. The van der Waals surface area contributed by atoms with Gasteiger partial charge < -0.3 is 5.32 Å². The van der Waals surface area contributed by atoms with E-state index in [9.17, 15) is 0 Å². The van der Waals surface area contributed by atoms with Crippen LogP contribution < -0.4 is 5.32 Å². The van der Waals surface area contributed by atoms with Crippen molar-refractivity contribution in [1.82, 2.24) is 10.3 Å². The molecule has 0 bridgehead atoms. The molecule has 2 rings (SSSR count). The van der Waals surface area contributed by atoms with E-state index >= 15 is 0 Å². The maximum atomic E-state index is 4.29. The van der Waals surface area contributed by atoms with Crippen LogP contribution >= 0.6 is 27.7 Å². The van der Waals surface area contributed by atoms with Crippen LogP contribution in [0, 0.1) is 0 Å². The first-order valence-corrected chi connectivity index (χ1v) is 7.94. The van der Waals surface area contributed by atoms with Crippen molar-refractivity contribution in [2.24, 2.45) is 0 Å². The molecule has 1 aromatic carbocycles. The van der Waals surface area contributed by atoms with Crippen molar-refractivity contribution >= 4 is 27.7 Å². The molecule has 2 nitrogen and oxygen atoms in total. The van der Waals surface area contributed by atoms with E-state index in [4.69, 9.17) is 0 Å². The Morgan fingerprint density at radius 1 is 1.21 bits per heavy atom. The average molecular weight is 337 g/mol. The van der Waals surface area contributed by atoms with E-state index in [1.54, 1.807) is 0 Å². The third kappa shape index (κ3) is 5.35. The van der Waals surface area contributed by atoms with E-state index < -0.39 is 0 Å². The minimum absolute atomic E-state index is 0.532. The second kappa shape index (κ2) is 7.68. The summed E-state index contributed by atoms with van der Waals surface area (Å²) in [6, 6.07) is 14.4. The number of aromatic nitrogens is 1. The van der Waals surface area contributed by atoms with Crippen molar-refractivity contribution in [1.29, 1.82) is 0 Å². The van der Waals surface area contributed by atoms with Gasteiger partial charge in [-0.05, 0) is 36.4 Å². The number of nitrogens with zero attached hydrogens (tertiary/aromatic N) is 1. The number of hydrogen-bond donors (Lipinski definition) is 1. The number of rotatable bonds is 6. The van der Waals surface area contributed by atoms with E-state index in [2.05, 4.69) is 57.4 Å². The molecule has 0 aliphatic rings. The maximum absolute atomic E-state index is 4.29. The summed E-state index contributed by atoms with van der Waals surface area (Å²) in [7, 11) is 0. The molecule has 1 heterocycles. The fourth-order valence-corrected chi connectivity index (χ4v) is 2.92.